The highest BCUT2D eigenvalue weighted by Crippen LogP contribution is 2.38. The molecule has 2 bridgehead atoms. The Balaban J connectivity index is 0.00000192. The van der Waals surface area contributed by atoms with Crippen LogP contribution in [-0.4, -0.2) is 51.0 Å². The van der Waals surface area contributed by atoms with Crippen molar-refractivity contribution < 1.29 is 8.42 Å². The largest absolute Gasteiger partial charge is 0.316 e. The number of fused-ring (bicyclic) bond motifs is 4. The number of nitrogens with one attached hydrogen (secondary N) is 2. The van der Waals surface area contributed by atoms with Crippen LogP contribution < -0.4 is 15.6 Å². The fraction of sp³-hybridized carbons (Fsp3) is 0.643. The van der Waals surface area contributed by atoms with Crippen LogP contribution in [0.1, 0.15) is 24.1 Å². The summed E-state index contributed by atoms with van der Waals surface area (Å²) in [6, 6.07) is 5.15. The summed E-state index contributed by atoms with van der Waals surface area (Å²) in [6.07, 6.45) is 0.991. The first-order valence-electron chi connectivity index (χ1n) is 7.49. The SMILES string of the molecule is CN(C)S(=O)(=O)NC[C@H]1[C@@H]2CNC[C@@H](C2)c2cccc(=O)n21.Cl. The van der Waals surface area contributed by atoms with Gasteiger partial charge in [0.2, 0.25) is 0 Å². The molecule has 0 saturated carbocycles. The number of hydrogen-bond acceptors (Lipinski definition) is 4. The Morgan fingerprint density at radius 3 is 2.78 bits per heavy atom. The molecule has 3 rings (SSSR count). The van der Waals surface area contributed by atoms with Gasteiger partial charge in [0.05, 0.1) is 6.04 Å². The van der Waals surface area contributed by atoms with Gasteiger partial charge in [-0.25, -0.2) is 4.72 Å². The van der Waals surface area contributed by atoms with Crippen LogP contribution in [0.25, 0.3) is 0 Å². The number of pyridine rings is 1. The van der Waals surface area contributed by atoms with Crippen molar-refractivity contribution in [2.45, 2.75) is 18.4 Å². The number of aromatic nitrogens is 1. The molecule has 23 heavy (non-hydrogen) atoms. The molecular weight excluding hydrogens is 340 g/mol. The predicted molar refractivity (Wildman–Crippen MR) is 91.3 cm³/mol. The Labute approximate surface area is 142 Å². The molecule has 2 aliphatic rings. The van der Waals surface area contributed by atoms with E-state index >= 15 is 0 Å². The molecule has 0 radical (unpaired) electrons. The molecule has 0 unspecified atom stereocenters. The molecule has 0 amide bonds. The topological polar surface area (TPSA) is 83.4 Å². The Morgan fingerprint density at radius 2 is 2.09 bits per heavy atom. The van der Waals surface area contributed by atoms with Crippen LogP contribution in [0, 0.1) is 5.92 Å². The zero-order chi connectivity index (χ0) is 15.9. The summed E-state index contributed by atoms with van der Waals surface area (Å²) in [4.78, 5) is 12.3. The Hall–Kier alpha value is -0.930. The smallest absolute Gasteiger partial charge is 0.279 e. The number of nitrogens with zero attached hydrogens (tertiary/aromatic N) is 2. The Kier molecular flexibility index (Phi) is 5.52. The minimum atomic E-state index is -3.49. The average Bonchev–Trinajstić information content (AvgIpc) is 2.48. The molecule has 130 valence electrons. The van der Waals surface area contributed by atoms with Crippen molar-refractivity contribution in [3.8, 4) is 0 Å². The second-order valence-corrected chi connectivity index (χ2v) is 8.18. The normalized spacial score (nSPS) is 26.5. The van der Waals surface area contributed by atoms with Crippen LogP contribution in [-0.2, 0) is 10.2 Å². The second kappa shape index (κ2) is 6.90. The number of piperidine rings is 1. The third-order valence-corrected chi connectivity index (χ3v) is 6.15. The quantitative estimate of drug-likeness (QED) is 0.784. The van der Waals surface area contributed by atoms with Crippen LogP contribution in [0.5, 0.6) is 0 Å². The van der Waals surface area contributed by atoms with E-state index in [0.29, 0.717) is 5.92 Å². The standard InChI is InChI=1S/C14H22N4O3S.ClH/c1-17(2)22(20,21)16-9-13-11-6-10(7-15-8-11)12-4-3-5-14(19)18(12)13;/h3-5,10-11,13,15-16H,6-9H2,1-2H3;1H/t10-,11+,13+;/m1./s1. The van der Waals surface area contributed by atoms with Gasteiger partial charge in [0, 0.05) is 51.4 Å². The van der Waals surface area contributed by atoms with E-state index < -0.39 is 10.2 Å². The van der Waals surface area contributed by atoms with Gasteiger partial charge in [-0.05, 0) is 18.4 Å². The molecule has 1 saturated heterocycles. The highest BCUT2D eigenvalue weighted by Gasteiger charge is 2.38. The van der Waals surface area contributed by atoms with Gasteiger partial charge in [-0.15, -0.1) is 12.4 Å². The van der Waals surface area contributed by atoms with Gasteiger partial charge in [-0.3, -0.25) is 4.79 Å². The molecule has 0 spiro atoms. The molecule has 1 aromatic heterocycles. The maximum Gasteiger partial charge on any atom is 0.279 e. The monoisotopic (exact) mass is 362 g/mol. The molecule has 2 aliphatic heterocycles. The third kappa shape index (κ3) is 3.46. The molecule has 1 aromatic rings. The highest BCUT2D eigenvalue weighted by molar-refractivity contribution is 7.87. The Bertz CT molecular complexity index is 719. The van der Waals surface area contributed by atoms with Crippen molar-refractivity contribution in [3.63, 3.8) is 0 Å². The minimum Gasteiger partial charge on any atom is -0.316 e. The maximum atomic E-state index is 12.3. The summed E-state index contributed by atoms with van der Waals surface area (Å²) in [6.45, 7) is 1.91. The van der Waals surface area contributed by atoms with Crippen LogP contribution in [0.4, 0.5) is 0 Å². The predicted octanol–water partition coefficient (Wildman–Crippen LogP) is -0.0861. The van der Waals surface area contributed by atoms with Crippen molar-refractivity contribution in [1.29, 1.82) is 0 Å². The second-order valence-electron chi connectivity index (χ2n) is 6.21. The molecule has 7 nitrogen and oxygen atoms in total. The van der Waals surface area contributed by atoms with E-state index in [0.717, 1.165) is 29.5 Å². The van der Waals surface area contributed by atoms with Gasteiger partial charge in [0.25, 0.3) is 15.8 Å². The van der Waals surface area contributed by atoms with E-state index in [-0.39, 0.29) is 36.5 Å². The first kappa shape index (κ1) is 18.4. The number of halogens is 1. The summed E-state index contributed by atoms with van der Waals surface area (Å²) >= 11 is 0. The van der Waals surface area contributed by atoms with Crippen molar-refractivity contribution in [2.75, 3.05) is 33.7 Å². The van der Waals surface area contributed by atoms with Gasteiger partial charge < -0.3 is 9.88 Å². The van der Waals surface area contributed by atoms with Crippen LogP contribution in [0.3, 0.4) is 0 Å². The van der Waals surface area contributed by atoms with E-state index in [1.165, 1.54) is 14.1 Å². The summed E-state index contributed by atoms with van der Waals surface area (Å²) in [7, 11) is -0.517. The molecule has 0 aromatic carbocycles. The van der Waals surface area contributed by atoms with Crippen molar-refractivity contribution >= 4 is 22.6 Å². The molecule has 3 atom stereocenters. The van der Waals surface area contributed by atoms with Gasteiger partial charge >= 0.3 is 0 Å². The minimum absolute atomic E-state index is 0. The molecule has 9 heteroatoms. The lowest BCUT2D eigenvalue weighted by Gasteiger charge is -2.43. The molecule has 2 N–H and O–H groups in total. The van der Waals surface area contributed by atoms with E-state index in [4.69, 9.17) is 0 Å². The van der Waals surface area contributed by atoms with Crippen LogP contribution in [0.15, 0.2) is 23.0 Å². The third-order valence-electron chi connectivity index (χ3n) is 4.66. The van der Waals surface area contributed by atoms with E-state index in [9.17, 15) is 13.2 Å². The molecule has 3 heterocycles. The van der Waals surface area contributed by atoms with E-state index in [2.05, 4.69) is 10.0 Å². The first-order valence-corrected chi connectivity index (χ1v) is 8.93. The van der Waals surface area contributed by atoms with Gasteiger partial charge in [0.1, 0.15) is 0 Å². The van der Waals surface area contributed by atoms with Gasteiger partial charge in [0.15, 0.2) is 0 Å². The number of rotatable bonds is 4. The van der Waals surface area contributed by atoms with Crippen LogP contribution in [0.2, 0.25) is 0 Å². The highest BCUT2D eigenvalue weighted by atomic mass is 35.5. The zero-order valence-electron chi connectivity index (χ0n) is 13.2. The molecular formula is C14H23ClN4O3S. The van der Waals surface area contributed by atoms with Gasteiger partial charge in [-0.1, -0.05) is 6.07 Å². The summed E-state index contributed by atoms with van der Waals surface area (Å²) in [5, 5.41) is 3.39. The Morgan fingerprint density at radius 1 is 1.35 bits per heavy atom. The lowest BCUT2D eigenvalue weighted by Crippen LogP contribution is -2.51. The number of hydrogen-bond donors (Lipinski definition) is 2. The maximum absolute atomic E-state index is 12.3. The van der Waals surface area contributed by atoms with Crippen LogP contribution >= 0.6 is 12.4 Å². The first-order chi connectivity index (χ1) is 10.4. The van der Waals surface area contributed by atoms with E-state index in [1.807, 2.05) is 6.07 Å². The lowest BCUT2D eigenvalue weighted by molar-refractivity contribution is 0.196. The lowest BCUT2D eigenvalue weighted by atomic mass is 9.79. The molecule has 0 aliphatic carbocycles. The summed E-state index contributed by atoms with van der Waals surface area (Å²) in [5.74, 6) is 0.588. The van der Waals surface area contributed by atoms with E-state index in [1.54, 1.807) is 16.7 Å². The zero-order valence-corrected chi connectivity index (χ0v) is 14.9. The van der Waals surface area contributed by atoms with Crippen molar-refractivity contribution in [2.24, 2.45) is 5.92 Å². The average molecular weight is 363 g/mol. The fourth-order valence-electron chi connectivity index (χ4n) is 3.49. The summed E-state index contributed by atoms with van der Waals surface area (Å²) in [5.41, 5.74) is 0.952. The van der Waals surface area contributed by atoms with Crippen molar-refractivity contribution in [1.82, 2.24) is 18.9 Å². The fourth-order valence-corrected chi connectivity index (χ4v) is 4.13. The summed E-state index contributed by atoms with van der Waals surface area (Å²) < 4.78 is 29.5. The van der Waals surface area contributed by atoms with Crippen molar-refractivity contribution in [3.05, 3.63) is 34.2 Å². The van der Waals surface area contributed by atoms with Gasteiger partial charge in [-0.2, -0.15) is 12.7 Å². The molecule has 1 fully saturated rings.